The number of aromatic nitrogens is 1. The van der Waals surface area contributed by atoms with Gasteiger partial charge in [-0.05, 0) is 25.3 Å². The Morgan fingerprint density at radius 1 is 1.73 bits per heavy atom. The molecular weight excluding hydrogens is 226 g/mol. The first-order valence-electron chi connectivity index (χ1n) is 4.65. The molecule has 0 aliphatic rings. The third kappa shape index (κ3) is 3.68. The van der Waals surface area contributed by atoms with Crippen molar-refractivity contribution < 1.29 is 0 Å². The molecule has 0 saturated heterocycles. The molecule has 0 amide bonds. The number of anilines is 1. The number of nitrogens with one attached hydrogen (secondary N) is 1. The van der Waals surface area contributed by atoms with E-state index in [1.807, 2.05) is 12.1 Å². The number of thioether (sulfide) groups is 1. The molecule has 3 N–H and O–H groups in total. The Bertz CT molecular complexity index is 341. The van der Waals surface area contributed by atoms with Crippen LogP contribution >= 0.6 is 24.0 Å². The predicted octanol–water partition coefficient (Wildman–Crippen LogP) is 1.88. The van der Waals surface area contributed by atoms with Crippen LogP contribution < -0.4 is 11.1 Å². The van der Waals surface area contributed by atoms with E-state index in [2.05, 4.69) is 23.5 Å². The van der Waals surface area contributed by atoms with Crippen LogP contribution in [0.5, 0.6) is 0 Å². The minimum absolute atomic E-state index is 0.350. The van der Waals surface area contributed by atoms with Crippen molar-refractivity contribution in [1.82, 2.24) is 4.98 Å². The third-order valence-electron chi connectivity index (χ3n) is 1.87. The van der Waals surface area contributed by atoms with Crippen LogP contribution in [0.1, 0.15) is 12.5 Å². The third-order valence-corrected chi connectivity index (χ3v) is 2.93. The van der Waals surface area contributed by atoms with Gasteiger partial charge in [0.05, 0.1) is 5.56 Å². The van der Waals surface area contributed by atoms with E-state index in [1.54, 1.807) is 18.0 Å². The highest BCUT2D eigenvalue weighted by molar-refractivity contribution is 7.98. The SMILES string of the molecule is CSCC(C)Nc1ncccc1C(N)=S. The number of hydrogen-bond donors (Lipinski definition) is 2. The van der Waals surface area contributed by atoms with Gasteiger partial charge in [-0.25, -0.2) is 4.98 Å². The van der Waals surface area contributed by atoms with E-state index in [0.717, 1.165) is 17.1 Å². The van der Waals surface area contributed by atoms with E-state index >= 15 is 0 Å². The van der Waals surface area contributed by atoms with Gasteiger partial charge in [-0.2, -0.15) is 11.8 Å². The summed E-state index contributed by atoms with van der Waals surface area (Å²) in [6.07, 6.45) is 3.81. The molecule has 0 spiro atoms. The van der Waals surface area contributed by atoms with Gasteiger partial charge < -0.3 is 11.1 Å². The molecule has 0 aliphatic carbocycles. The van der Waals surface area contributed by atoms with Crippen LogP contribution in [-0.2, 0) is 0 Å². The molecule has 0 bridgehead atoms. The second-order valence-electron chi connectivity index (χ2n) is 3.26. The molecule has 5 heteroatoms. The van der Waals surface area contributed by atoms with Gasteiger partial charge in [0.2, 0.25) is 0 Å². The van der Waals surface area contributed by atoms with Crippen molar-refractivity contribution in [3.8, 4) is 0 Å². The molecule has 0 aromatic carbocycles. The van der Waals surface area contributed by atoms with Crippen LogP contribution in [0.15, 0.2) is 18.3 Å². The van der Waals surface area contributed by atoms with Crippen LogP contribution in [0.25, 0.3) is 0 Å². The van der Waals surface area contributed by atoms with Gasteiger partial charge in [0.15, 0.2) is 0 Å². The van der Waals surface area contributed by atoms with Gasteiger partial charge in [0, 0.05) is 18.0 Å². The fourth-order valence-electron chi connectivity index (χ4n) is 1.24. The van der Waals surface area contributed by atoms with Gasteiger partial charge >= 0.3 is 0 Å². The first kappa shape index (κ1) is 12.3. The summed E-state index contributed by atoms with van der Waals surface area (Å²) in [6.45, 7) is 2.11. The summed E-state index contributed by atoms with van der Waals surface area (Å²) in [7, 11) is 0. The largest absolute Gasteiger partial charge is 0.389 e. The summed E-state index contributed by atoms with van der Waals surface area (Å²) >= 11 is 6.75. The van der Waals surface area contributed by atoms with E-state index < -0.39 is 0 Å². The van der Waals surface area contributed by atoms with E-state index in [9.17, 15) is 0 Å². The van der Waals surface area contributed by atoms with Gasteiger partial charge in [0.1, 0.15) is 10.8 Å². The average Bonchev–Trinajstić information content (AvgIpc) is 2.18. The van der Waals surface area contributed by atoms with Crippen molar-refractivity contribution in [2.75, 3.05) is 17.3 Å². The zero-order valence-electron chi connectivity index (χ0n) is 8.86. The molecule has 3 nitrogen and oxygen atoms in total. The molecule has 1 aromatic rings. The van der Waals surface area contributed by atoms with E-state index in [1.165, 1.54) is 0 Å². The minimum atomic E-state index is 0.350. The van der Waals surface area contributed by atoms with Crippen LogP contribution in [0.2, 0.25) is 0 Å². The summed E-state index contributed by atoms with van der Waals surface area (Å²) in [5.74, 6) is 1.79. The molecule has 0 aliphatic heterocycles. The van der Waals surface area contributed by atoms with Crippen molar-refractivity contribution in [2.24, 2.45) is 5.73 Å². The Kier molecular flexibility index (Phi) is 4.84. The van der Waals surface area contributed by atoms with Gasteiger partial charge in [0.25, 0.3) is 0 Å². The molecule has 1 atom stereocenters. The van der Waals surface area contributed by atoms with Crippen LogP contribution in [0.4, 0.5) is 5.82 Å². The maximum atomic E-state index is 5.61. The molecule has 15 heavy (non-hydrogen) atoms. The molecule has 0 fully saturated rings. The smallest absolute Gasteiger partial charge is 0.136 e. The molecule has 1 heterocycles. The lowest BCUT2D eigenvalue weighted by Gasteiger charge is -2.15. The lowest BCUT2D eigenvalue weighted by atomic mass is 10.2. The van der Waals surface area contributed by atoms with Crippen molar-refractivity contribution in [2.45, 2.75) is 13.0 Å². The maximum Gasteiger partial charge on any atom is 0.136 e. The molecule has 82 valence electrons. The molecule has 0 radical (unpaired) electrons. The minimum Gasteiger partial charge on any atom is -0.389 e. The number of nitrogens with two attached hydrogens (primary N) is 1. The van der Waals surface area contributed by atoms with Crippen LogP contribution in [0.3, 0.4) is 0 Å². The number of thiocarbonyl (C=S) groups is 1. The quantitative estimate of drug-likeness (QED) is 0.771. The standard InChI is InChI=1S/C10H15N3S2/c1-7(6-15-2)13-10-8(9(11)14)4-3-5-12-10/h3-5,7H,6H2,1-2H3,(H2,11,14)(H,12,13). The van der Waals surface area contributed by atoms with E-state index in [0.29, 0.717) is 11.0 Å². The fraction of sp³-hybridized carbons (Fsp3) is 0.400. The summed E-state index contributed by atoms with van der Waals surface area (Å²) in [5.41, 5.74) is 6.42. The van der Waals surface area contributed by atoms with Crippen molar-refractivity contribution >= 4 is 34.8 Å². The Morgan fingerprint density at radius 2 is 2.47 bits per heavy atom. The molecule has 0 saturated carbocycles. The van der Waals surface area contributed by atoms with E-state index in [4.69, 9.17) is 18.0 Å². The summed E-state index contributed by atoms with van der Waals surface area (Å²) in [4.78, 5) is 4.61. The van der Waals surface area contributed by atoms with Gasteiger partial charge in [-0.15, -0.1) is 0 Å². The van der Waals surface area contributed by atoms with Crippen molar-refractivity contribution in [1.29, 1.82) is 0 Å². The summed E-state index contributed by atoms with van der Waals surface area (Å²) in [5, 5.41) is 3.29. The lowest BCUT2D eigenvalue weighted by Crippen LogP contribution is -2.22. The van der Waals surface area contributed by atoms with Crippen LogP contribution in [0, 0.1) is 0 Å². The van der Waals surface area contributed by atoms with Crippen molar-refractivity contribution in [3.63, 3.8) is 0 Å². The van der Waals surface area contributed by atoms with Crippen molar-refractivity contribution in [3.05, 3.63) is 23.9 Å². The molecule has 1 aromatic heterocycles. The highest BCUT2D eigenvalue weighted by Gasteiger charge is 2.08. The number of hydrogen-bond acceptors (Lipinski definition) is 4. The zero-order chi connectivity index (χ0) is 11.3. The monoisotopic (exact) mass is 241 g/mol. The number of pyridine rings is 1. The second kappa shape index (κ2) is 5.92. The maximum absolute atomic E-state index is 5.61. The molecular formula is C10H15N3S2. The second-order valence-corrected chi connectivity index (χ2v) is 4.62. The predicted molar refractivity (Wildman–Crippen MR) is 71.6 cm³/mol. The zero-order valence-corrected chi connectivity index (χ0v) is 10.5. The normalized spacial score (nSPS) is 12.1. The average molecular weight is 241 g/mol. The number of rotatable bonds is 5. The highest BCUT2D eigenvalue weighted by atomic mass is 32.2. The molecule has 1 unspecified atom stereocenters. The highest BCUT2D eigenvalue weighted by Crippen LogP contribution is 2.13. The number of nitrogens with zero attached hydrogens (tertiary/aromatic N) is 1. The fourth-order valence-corrected chi connectivity index (χ4v) is 1.99. The lowest BCUT2D eigenvalue weighted by molar-refractivity contribution is 0.902. The first-order valence-corrected chi connectivity index (χ1v) is 6.45. The Morgan fingerprint density at radius 3 is 3.07 bits per heavy atom. The summed E-state index contributed by atoms with van der Waals surface area (Å²) < 4.78 is 0. The Balaban J connectivity index is 2.79. The Hall–Kier alpha value is -0.810. The molecule has 1 rings (SSSR count). The topological polar surface area (TPSA) is 50.9 Å². The Labute approximate surface area is 99.8 Å². The first-order chi connectivity index (χ1) is 7.15. The van der Waals surface area contributed by atoms with Gasteiger partial charge in [-0.3, -0.25) is 0 Å². The van der Waals surface area contributed by atoms with E-state index in [-0.39, 0.29) is 0 Å². The summed E-state index contributed by atoms with van der Waals surface area (Å²) in [6, 6.07) is 4.06. The van der Waals surface area contributed by atoms with Crippen LogP contribution in [-0.4, -0.2) is 28.0 Å². The van der Waals surface area contributed by atoms with Gasteiger partial charge in [-0.1, -0.05) is 12.2 Å².